The van der Waals surface area contributed by atoms with Crippen molar-refractivity contribution in [2.24, 2.45) is 0 Å². The molecule has 7 nitrogen and oxygen atoms in total. The van der Waals surface area contributed by atoms with Gasteiger partial charge in [0.05, 0.1) is 6.54 Å². The fraction of sp³-hybridized carbons (Fsp3) is 0.263. The number of benzene rings is 1. The molecular weight excluding hydrogens is 444 g/mol. The number of hydrogen-bond acceptors (Lipinski definition) is 5. The van der Waals surface area contributed by atoms with Gasteiger partial charge in [0.2, 0.25) is 15.9 Å². The van der Waals surface area contributed by atoms with E-state index < -0.39 is 10.0 Å². The summed E-state index contributed by atoms with van der Waals surface area (Å²) in [5.74, 6) is 0.315. The highest BCUT2D eigenvalue weighted by Crippen LogP contribution is 2.13. The van der Waals surface area contributed by atoms with Gasteiger partial charge in [-0.15, -0.1) is 0 Å². The van der Waals surface area contributed by atoms with E-state index in [0.29, 0.717) is 32.0 Å². The van der Waals surface area contributed by atoms with E-state index >= 15 is 0 Å². The molecule has 0 bridgehead atoms. The molecule has 3 rings (SSSR count). The van der Waals surface area contributed by atoms with Gasteiger partial charge in [-0.25, -0.2) is 13.4 Å². The number of nitrogens with one attached hydrogen (secondary N) is 1. The van der Waals surface area contributed by atoms with Crippen LogP contribution in [-0.4, -0.2) is 61.2 Å². The van der Waals surface area contributed by atoms with E-state index in [4.69, 9.17) is 0 Å². The Morgan fingerprint density at radius 3 is 2.46 bits per heavy atom. The lowest BCUT2D eigenvalue weighted by molar-refractivity contribution is -0.117. The summed E-state index contributed by atoms with van der Waals surface area (Å²) >= 11 is 3.30. The maximum Gasteiger partial charge on any atom is 0.239 e. The molecule has 1 aliphatic heterocycles. The fourth-order valence-corrected chi connectivity index (χ4v) is 4.20. The van der Waals surface area contributed by atoms with E-state index in [1.165, 1.54) is 9.71 Å². The highest BCUT2D eigenvalue weighted by Gasteiger charge is 2.25. The molecule has 1 saturated heterocycles. The Morgan fingerprint density at radius 2 is 1.82 bits per heavy atom. The van der Waals surface area contributed by atoms with E-state index in [0.717, 1.165) is 10.0 Å². The number of aromatic nitrogens is 1. The molecule has 0 spiro atoms. The van der Waals surface area contributed by atoms with Crippen LogP contribution in [0.5, 0.6) is 0 Å². The van der Waals surface area contributed by atoms with Crippen LogP contribution in [0.3, 0.4) is 0 Å². The number of anilines is 1. The van der Waals surface area contributed by atoms with E-state index in [1.807, 2.05) is 35.2 Å². The van der Waals surface area contributed by atoms with Crippen molar-refractivity contribution in [2.75, 3.05) is 38.0 Å². The third kappa shape index (κ3) is 5.96. The number of piperazine rings is 1. The second-order valence-corrected chi connectivity index (χ2v) is 9.08. The van der Waals surface area contributed by atoms with Crippen molar-refractivity contribution in [1.82, 2.24) is 14.2 Å². The second kappa shape index (κ2) is 9.42. The second-order valence-electron chi connectivity index (χ2n) is 6.34. The number of nitrogens with zero attached hydrogens (tertiary/aromatic N) is 3. The van der Waals surface area contributed by atoms with Gasteiger partial charge in [-0.1, -0.05) is 30.3 Å². The first kappa shape index (κ1) is 20.7. The molecule has 0 unspecified atom stereocenters. The number of pyridine rings is 1. The minimum absolute atomic E-state index is 0.171. The number of amides is 1. The summed E-state index contributed by atoms with van der Waals surface area (Å²) in [5.41, 5.74) is 0.836. The zero-order chi connectivity index (χ0) is 20.0. The van der Waals surface area contributed by atoms with Gasteiger partial charge in [-0.2, -0.15) is 4.31 Å². The highest BCUT2D eigenvalue weighted by atomic mass is 79.9. The van der Waals surface area contributed by atoms with Gasteiger partial charge in [0.15, 0.2) is 0 Å². The first-order valence-electron chi connectivity index (χ1n) is 8.79. The van der Waals surface area contributed by atoms with Crippen molar-refractivity contribution in [3.63, 3.8) is 0 Å². The molecule has 1 N–H and O–H groups in total. The van der Waals surface area contributed by atoms with Crippen LogP contribution >= 0.6 is 15.9 Å². The van der Waals surface area contributed by atoms with E-state index in [1.54, 1.807) is 24.4 Å². The van der Waals surface area contributed by atoms with E-state index in [9.17, 15) is 13.2 Å². The van der Waals surface area contributed by atoms with Crippen molar-refractivity contribution in [3.8, 4) is 0 Å². The molecule has 9 heteroatoms. The van der Waals surface area contributed by atoms with E-state index in [2.05, 4.69) is 26.2 Å². The number of rotatable bonds is 6. The predicted molar refractivity (Wildman–Crippen MR) is 113 cm³/mol. The third-order valence-corrected chi connectivity index (χ3v) is 6.32. The first-order valence-corrected chi connectivity index (χ1v) is 11.1. The van der Waals surface area contributed by atoms with Crippen molar-refractivity contribution in [1.29, 1.82) is 0 Å². The maximum atomic E-state index is 12.5. The van der Waals surface area contributed by atoms with Crippen LogP contribution in [0.15, 0.2) is 58.5 Å². The molecular formula is C19H21BrN4O3S. The number of carbonyl (C=O) groups is 1. The number of hydrogen-bond donors (Lipinski definition) is 1. The zero-order valence-electron chi connectivity index (χ0n) is 15.2. The molecule has 1 aromatic heterocycles. The van der Waals surface area contributed by atoms with Crippen LogP contribution in [0.25, 0.3) is 6.08 Å². The quantitative estimate of drug-likeness (QED) is 0.709. The number of carbonyl (C=O) groups excluding carboxylic acids is 1. The molecule has 28 heavy (non-hydrogen) atoms. The molecule has 1 fully saturated rings. The molecule has 148 valence electrons. The predicted octanol–water partition coefficient (Wildman–Crippen LogP) is 2.40. The topological polar surface area (TPSA) is 82.6 Å². The van der Waals surface area contributed by atoms with Crippen LogP contribution in [0.4, 0.5) is 5.82 Å². The third-order valence-electron chi connectivity index (χ3n) is 4.29. The van der Waals surface area contributed by atoms with Gasteiger partial charge in [-0.05, 0) is 39.7 Å². The van der Waals surface area contributed by atoms with Gasteiger partial charge in [0.1, 0.15) is 5.82 Å². The lowest BCUT2D eigenvalue weighted by Crippen LogP contribution is -2.49. The molecule has 1 aliphatic rings. The summed E-state index contributed by atoms with van der Waals surface area (Å²) in [6.45, 7) is 1.90. The molecule has 0 radical (unpaired) electrons. The summed E-state index contributed by atoms with van der Waals surface area (Å²) in [5, 5.41) is 3.98. The normalized spacial score (nSPS) is 16.3. The van der Waals surface area contributed by atoms with Crippen molar-refractivity contribution in [2.45, 2.75) is 0 Å². The highest BCUT2D eigenvalue weighted by molar-refractivity contribution is 9.10. The zero-order valence-corrected chi connectivity index (χ0v) is 17.6. The Bertz CT molecular complexity index is 925. The van der Waals surface area contributed by atoms with Crippen LogP contribution in [0.2, 0.25) is 0 Å². The van der Waals surface area contributed by atoms with Gasteiger partial charge >= 0.3 is 0 Å². The molecule has 1 aromatic carbocycles. The summed E-state index contributed by atoms with van der Waals surface area (Å²) in [4.78, 5) is 18.2. The average Bonchev–Trinajstić information content (AvgIpc) is 2.69. The van der Waals surface area contributed by atoms with Gasteiger partial charge in [0.25, 0.3) is 0 Å². The van der Waals surface area contributed by atoms with Crippen molar-refractivity contribution >= 4 is 43.8 Å². The lowest BCUT2D eigenvalue weighted by Gasteiger charge is -2.32. The van der Waals surface area contributed by atoms with Crippen molar-refractivity contribution < 1.29 is 13.2 Å². The number of halogens is 1. The van der Waals surface area contributed by atoms with Gasteiger partial charge in [0, 0.05) is 42.3 Å². The molecule has 0 aliphatic carbocycles. The summed E-state index contributed by atoms with van der Waals surface area (Å²) in [6, 6.07) is 12.8. The minimum atomic E-state index is -3.47. The smallest absolute Gasteiger partial charge is 0.239 e. The number of sulfonamides is 1. The SMILES string of the molecule is O=C(CN1CCN(S(=O)(=O)/C=C/c2ccccc2)CC1)Nc1ccc(Br)cn1. The lowest BCUT2D eigenvalue weighted by atomic mass is 10.2. The van der Waals surface area contributed by atoms with Gasteiger partial charge in [-0.3, -0.25) is 9.69 Å². The van der Waals surface area contributed by atoms with Crippen molar-refractivity contribution in [3.05, 3.63) is 64.1 Å². The maximum absolute atomic E-state index is 12.5. The van der Waals surface area contributed by atoms with Gasteiger partial charge < -0.3 is 5.32 Å². The summed E-state index contributed by atoms with van der Waals surface area (Å²) < 4.78 is 27.3. The Labute approximate surface area is 173 Å². The monoisotopic (exact) mass is 464 g/mol. The molecule has 1 amide bonds. The first-order chi connectivity index (χ1) is 13.4. The molecule has 2 aromatic rings. The molecule has 0 saturated carbocycles. The Hall–Kier alpha value is -2.07. The fourth-order valence-electron chi connectivity index (χ4n) is 2.79. The van der Waals surface area contributed by atoms with Crippen LogP contribution in [-0.2, 0) is 14.8 Å². The van der Waals surface area contributed by atoms with Crippen LogP contribution in [0.1, 0.15) is 5.56 Å². The molecule has 2 heterocycles. The Morgan fingerprint density at radius 1 is 1.11 bits per heavy atom. The standard InChI is InChI=1S/C19H21BrN4O3S/c20-17-6-7-18(21-14-17)22-19(25)15-23-9-11-24(12-10-23)28(26,27)13-8-16-4-2-1-3-5-16/h1-8,13-14H,9-12,15H2,(H,21,22,25)/b13-8+. The minimum Gasteiger partial charge on any atom is -0.310 e. The summed E-state index contributed by atoms with van der Waals surface area (Å²) in [6.07, 6.45) is 3.21. The average molecular weight is 465 g/mol. The Kier molecular flexibility index (Phi) is 6.95. The largest absolute Gasteiger partial charge is 0.310 e. The Balaban J connectivity index is 1.49. The summed E-state index contributed by atoms with van der Waals surface area (Å²) in [7, 11) is -3.47. The van der Waals surface area contributed by atoms with E-state index in [-0.39, 0.29) is 12.5 Å². The molecule has 0 atom stereocenters. The van der Waals surface area contributed by atoms with Crippen LogP contribution in [0, 0.1) is 0 Å². The van der Waals surface area contributed by atoms with Crippen LogP contribution < -0.4 is 5.32 Å².